The van der Waals surface area contributed by atoms with E-state index in [9.17, 15) is 8.42 Å². The van der Waals surface area contributed by atoms with E-state index < -0.39 is 10.1 Å². The van der Waals surface area contributed by atoms with Crippen LogP contribution in [-0.2, 0) is 10.1 Å². The molecule has 5 heteroatoms. The standard InChI is InChI=1S/C6H6O3S.Sr.2H/c7-10(8,9)6-4-2-1-3-5-6;;;/h1-5H,(H,7,8,9);;;/q;+2;2*-1. The molecule has 0 bridgehead atoms. The third-order valence-electron chi connectivity index (χ3n) is 1.04. The van der Waals surface area contributed by atoms with E-state index in [2.05, 4.69) is 0 Å². The Kier molecular flexibility index (Phi) is 4.85. The Morgan fingerprint density at radius 1 is 1.18 bits per heavy atom. The van der Waals surface area contributed by atoms with Gasteiger partial charge in [0.1, 0.15) is 0 Å². The normalized spacial score (nSPS) is 10.3. The minimum absolute atomic E-state index is 0. The smallest absolute Gasteiger partial charge is 1.00 e. The first-order valence-corrected chi connectivity index (χ1v) is 4.07. The Morgan fingerprint density at radius 3 is 1.91 bits per heavy atom. The monoisotopic (exact) mass is 248 g/mol. The average Bonchev–Trinajstić information content (AvgIpc) is 1.88. The summed E-state index contributed by atoms with van der Waals surface area (Å²) >= 11 is 0. The summed E-state index contributed by atoms with van der Waals surface area (Å²) in [5.74, 6) is 0. The van der Waals surface area contributed by atoms with Gasteiger partial charge in [0.25, 0.3) is 10.1 Å². The van der Waals surface area contributed by atoms with Gasteiger partial charge in [-0.05, 0) is 12.1 Å². The molecule has 58 valence electrons. The van der Waals surface area contributed by atoms with Crippen molar-refractivity contribution in [3.63, 3.8) is 0 Å². The topological polar surface area (TPSA) is 54.4 Å². The van der Waals surface area contributed by atoms with Crippen molar-refractivity contribution in [2.75, 3.05) is 0 Å². The first-order chi connectivity index (χ1) is 4.61. The molecule has 1 N–H and O–H groups in total. The third kappa shape index (κ3) is 3.69. The molecule has 1 aromatic rings. The summed E-state index contributed by atoms with van der Waals surface area (Å²) in [6.45, 7) is 0. The molecule has 0 aliphatic rings. The largest absolute Gasteiger partial charge is 2.00 e. The molecule has 0 atom stereocenters. The van der Waals surface area contributed by atoms with Crippen molar-refractivity contribution in [2.24, 2.45) is 0 Å². The Bertz CT molecular complexity index is 314. The summed E-state index contributed by atoms with van der Waals surface area (Å²) < 4.78 is 29.2. The molecule has 0 unspecified atom stereocenters. The maximum Gasteiger partial charge on any atom is 2.00 e. The van der Waals surface area contributed by atoms with Crippen molar-refractivity contribution in [2.45, 2.75) is 4.90 Å². The average molecular weight is 248 g/mol. The molecular weight excluding hydrogens is 240 g/mol. The zero-order chi connectivity index (χ0) is 7.61. The van der Waals surface area contributed by atoms with Crippen LogP contribution in [0.3, 0.4) is 0 Å². The predicted octanol–water partition coefficient (Wildman–Crippen LogP) is 0.778. The van der Waals surface area contributed by atoms with Crippen molar-refractivity contribution >= 4 is 55.6 Å². The van der Waals surface area contributed by atoms with Gasteiger partial charge < -0.3 is 2.85 Å². The summed E-state index contributed by atoms with van der Waals surface area (Å²) in [5.41, 5.74) is 0. The van der Waals surface area contributed by atoms with Gasteiger partial charge >= 0.3 is 45.5 Å². The van der Waals surface area contributed by atoms with Crippen LogP contribution in [-0.4, -0.2) is 58.5 Å². The fourth-order valence-electron chi connectivity index (χ4n) is 0.592. The van der Waals surface area contributed by atoms with Crippen LogP contribution in [0.1, 0.15) is 2.85 Å². The fraction of sp³-hybridized carbons (Fsp3) is 0. The summed E-state index contributed by atoms with van der Waals surface area (Å²) in [7, 11) is -4.00. The Hall–Kier alpha value is 0.611. The molecule has 0 saturated carbocycles. The van der Waals surface area contributed by atoms with Crippen LogP contribution < -0.4 is 0 Å². The molecule has 0 saturated heterocycles. The summed E-state index contributed by atoms with van der Waals surface area (Å²) in [6, 6.07) is 7.42. The summed E-state index contributed by atoms with van der Waals surface area (Å²) in [4.78, 5) is -0.0741. The second-order valence-corrected chi connectivity index (χ2v) is 3.21. The third-order valence-corrected chi connectivity index (χ3v) is 1.91. The van der Waals surface area contributed by atoms with Crippen LogP contribution in [0.4, 0.5) is 0 Å². The van der Waals surface area contributed by atoms with Gasteiger partial charge in [-0.15, -0.1) is 0 Å². The van der Waals surface area contributed by atoms with Gasteiger partial charge in [0.15, 0.2) is 0 Å². The van der Waals surface area contributed by atoms with E-state index >= 15 is 0 Å². The summed E-state index contributed by atoms with van der Waals surface area (Å²) in [5, 5.41) is 0. The van der Waals surface area contributed by atoms with Crippen LogP contribution in [0, 0.1) is 0 Å². The van der Waals surface area contributed by atoms with Crippen molar-refractivity contribution in [3.05, 3.63) is 30.3 Å². The van der Waals surface area contributed by atoms with Crippen LogP contribution in [0.15, 0.2) is 35.2 Å². The van der Waals surface area contributed by atoms with E-state index in [1.165, 1.54) is 12.1 Å². The van der Waals surface area contributed by atoms with Gasteiger partial charge in [0.2, 0.25) is 0 Å². The van der Waals surface area contributed by atoms with Crippen molar-refractivity contribution < 1.29 is 15.8 Å². The molecule has 1 aromatic carbocycles. The van der Waals surface area contributed by atoms with Gasteiger partial charge in [0.05, 0.1) is 4.90 Å². The first-order valence-electron chi connectivity index (χ1n) is 2.63. The molecule has 3 nitrogen and oxygen atoms in total. The minimum atomic E-state index is -4.00. The Balaban J connectivity index is -0.000000333. The Labute approximate surface area is 105 Å². The predicted molar refractivity (Wildman–Crippen MR) is 44.2 cm³/mol. The Morgan fingerprint density at radius 2 is 1.64 bits per heavy atom. The zero-order valence-electron chi connectivity index (χ0n) is 7.77. The van der Waals surface area contributed by atoms with Crippen molar-refractivity contribution in [1.29, 1.82) is 0 Å². The van der Waals surface area contributed by atoms with Crippen LogP contribution in [0.2, 0.25) is 0 Å². The van der Waals surface area contributed by atoms with Gasteiger partial charge in [-0.1, -0.05) is 18.2 Å². The zero-order valence-corrected chi connectivity index (χ0v) is 10.1. The molecule has 0 heterocycles. The van der Waals surface area contributed by atoms with E-state index in [0.29, 0.717) is 0 Å². The minimum Gasteiger partial charge on any atom is -1.00 e. The van der Waals surface area contributed by atoms with Crippen LogP contribution >= 0.6 is 0 Å². The quantitative estimate of drug-likeness (QED) is 0.590. The van der Waals surface area contributed by atoms with E-state index in [1.807, 2.05) is 0 Å². The van der Waals surface area contributed by atoms with Crippen molar-refractivity contribution in [1.82, 2.24) is 0 Å². The SMILES string of the molecule is O=S(=O)(O)c1ccccc1.[H-].[H-].[Sr+2]. The second-order valence-electron chi connectivity index (χ2n) is 1.79. The number of rotatable bonds is 1. The van der Waals surface area contributed by atoms with Gasteiger partial charge in [0, 0.05) is 0 Å². The molecule has 1 rings (SSSR count). The second kappa shape index (κ2) is 4.59. The molecule has 0 aliphatic heterocycles. The number of hydrogen-bond donors (Lipinski definition) is 1. The number of hydrogen-bond acceptors (Lipinski definition) is 2. The van der Waals surface area contributed by atoms with E-state index in [-0.39, 0.29) is 53.2 Å². The fourth-order valence-corrected chi connectivity index (χ4v) is 1.09. The van der Waals surface area contributed by atoms with E-state index in [4.69, 9.17) is 4.55 Å². The molecule has 0 aliphatic carbocycles. The molecule has 0 fully saturated rings. The van der Waals surface area contributed by atoms with Gasteiger partial charge in [-0.2, -0.15) is 8.42 Å². The first kappa shape index (κ1) is 11.6. The molecule has 0 amide bonds. The van der Waals surface area contributed by atoms with Crippen molar-refractivity contribution in [3.8, 4) is 0 Å². The van der Waals surface area contributed by atoms with Gasteiger partial charge in [-0.25, -0.2) is 0 Å². The van der Waals surface area contributed by atoms with E-state index in [0.717, 1.165) is 0 Å². The maximum atomic E-state index is 10.4. The van der Waals surface area contributed by atoms with E-state index in [1.54, 1.807) is 18.2 Å². The molecular formula is C6H8O3SSr. The van der Waals surface area contributed by atoms with Crippen LogP contribution in [0.25, 0.3) is 0 Å². The molecule has 11 heavy (non-hydrogen) atoms. The number of benzene rings is 1. The molecule has 0 radical (unpaired) electrons. The maximum absolute atomic E-state index is 10.4. The van der Waals surface area contributed by atoms with Crippen LogP contribution in [0.5, 0.6) is 0 Å². The molecule has 0 aromatic heterocycles. The molecule has 0 spiro atoms. The summed E-state index contributed by atoms with van der Waals surface area (Å²) in [6.07, 6.45) is 0. The van der Waals surface area contributed by atoms with Gasteiger partial charge in [-0.3, -0.25) is 4.55 Å².